The van der Waals surface area contributed by atoms with Gasteiger partial charge in [-0.05, 0) is 57.2 Å². The number of carbonyl (C=O) groups is 1. The molecule has 0 spiro atoms. The van der Waals surface area contributed by atoms with Crippen molar-refractivity contribution in [3.8, 4) is 11.5 Å². The van der Waals surface area contributed by atoms with E-state index in [2.05, 4.69) is 5.32 Å². The number of nitrogens with one attached hydrogen (secondary N) is 1. The van der Waals surface area contributed by atoms with E-state index in [0.717, 1.165) is 19.3 Å². The van der Waals surface area contributed by atoms with Gasteiger partial charge in [0.25, 0.3) is 5.91 Å². The molecule has 0 radical (unpaired) electrons. The molecule has 1 aromatic rings. The monoisotopic (exact) mass is 320 g/mol. The van der Waals surface area contributed by atoms with Crippen LogP contribution in [0.2, 0.25) is 0 Å². The normalized spacial score (nSPS) is 16.5. The van der Waals surface area contributed by atoms with E-state index in [1.807, 2.05) is 20.8 Å². The second-order valence-electron chi connectivity index (χ2n) is 6.29. The van der Waals surface area contributed by atoms with Crippen LogP contribution in [0, 0.1) is 5.92 Å². The van der Waals surface area contributed by atoms with Crippen LogP contribution < -0.4 is 20.5 Å². The molecule has 23 heavy (non-hydrogen) atoms. The molecule has 1 aromatic carbocycles. The highest BCUT2D eigenvalue weighted by molar-refractivity contribution is 5.95. The fourth-order valence-corrected chi connectivity index (χ4v) is 2.62. The minimum absolute atomic E-state index is 0.118. The molecule has 1 unspecified atom stereocenters. The quantitative estimate of drug-likeness (QED) is 0.734. The van der Waals surface area contributed by atoms with Crippen LogP contribution in [-0.2, 0) is 0 Å². The van der Waals surface area contributed by atoms with Crippen molar-refractivity contribution in [3.05, 3.63) is 23.8 Å². The van der Waals surface area contributed by atoms with Crippen molar-refractivity contribution >= 4 is 5.91 Å². The van der Waals surface area contributed by atoms with Crippen LogP contribution in [0.15, 0.2) is 18.2 Å². The minimum atomic E-state index is -0.333. The van der Waals surface area contributed by atoms with Crippen molar-refractivity contribution < 1.29 is 14.3 Å². The second kappa shape index (κ2) is 7.68. The van der Waals surface area contributed by atoms with E-state index in [1.54, 1.807) is 18.2 Å². The number of hydrogen-bond donors (Lipinski definition) is 2. The van der Waals surface area contributed by atoms with Crippen molar-refractivity contribution in [2.75, 3.05) is 19.8 Å². The maximum atomic E-state index is 12.6. The highest BCUT2D eigenvalue weighted by Gasteiger charge is 2.41. The number of ether oxygens (including phenoxy) is 2. The number of nitrogens with two attached hydrogens (primary N) is 1. The zero-order chi connectivity index (χ0) is 16.9. The molecule has 2 rings (SSSR count). The molecule has 128 valence electrons. The number of amides is 1. The van der Waals surface area contributed by atoms with Gasteiger partial charge in [-0.2, -0.15) is 0 Å². The SMILES string of the molecule is CCCOc1ccc(C(=O)NC(C)(CN)C2CC2)cc1OCC. The Labute approximate surface area is 138 Å². The summed E-state index contributed by atoms with van der Waals surface area (Å²) in [5.41, 5.74) is 6.11. The van der Waals surface area contributed by atoms with Gasteiger partial charge in [0.1, 0.15) is 0 Å². The molecule has 0 saturated heterocycles. The van der Waals surface area contributed by atoms with Crippen molar-refractivity contribution in [2.24, 2.45) is 11.7 Å². The number of benzene rings is 1. The summed E-state index contributed by atoms with van der Waals surface area (Å²) < 4.78 is 11.3. The number of hydrogen-bond acceptors (Lipinski definition) is 4. The minimum Gasteiger partial charge on any atom is -0.490 e. The fourth-order valence-electron chi connectivity index (χ4n) is 2.62. The van der Waals surface area contributed by atoms with Crippen LogP contribution >= 0.6 is 0 Å². The molecule has 5 heteroatoms. The summed E-state index contributed by atoms with van der Waals surface area (Å²) >= 11 is 0. The lowest BCUT2D eigenvalue weighted by atomic mass is 9.95. The zero-order valence-corrected chi connectivity index (χ0v) is 14.4. The lowest BCUT2D eigenvalue weighted by molar-refractivity contribution is 0.0897. The Balaban J connectivity index is 2.14. The van der Waals surface area contributed by atoms with Gasteiger partial charge in [-0.15, -0.1) is 0 Å². The summed E-state index contributed by atoms with van der Waals surface area (Å²) in [6, 6.07) is 5.31. The van der Waals surface area contributed by atoms with E-state index in [-0.39, 0.29) is 11.4 Å². The first-order valence-electron chi connectivity index (χ1n) is 8.46. The molecule has 3 N–H and O–H groups in total. The molecule has 0 bridgehead atoms. The van der Waals surface area contributed by atoms with Crippen molar-refractivity contribution in [1.82, 2.24) is 5.32 Å². The van der Waals surface area contributed by atoms with Gasteiger partial charge < -0.3 is 20.5 Å². The number of rotatable bonds is 9. The molecule has 1 amide bonds. The van der Waals surface area contributed by atoms with Gasteiger partial charge in [0.05, 0.1) is 18.8 Å². The van der Waals surface area contributed by atoms with Crippen LogP contribution in [0.1, 0.15) is 50.4 Å². The Morgan fingerprint density at radius 2 is 2.04 bits per heavy atom. The average molecular weight is 320 g/mol. The first-order valence-corrected chi connectivity index (χ1v) is 8.46. The maximum Gasteiger partial charge on any atom is 0.251 e. The first-order chi connectivity index (χ1) is 11.0. The molecule has 1 aliphatic carbocycles. The fraction of sp³-hybridized carbons (Fsp3) is 0.611. The van der Waals surface area contributed by atoms with Crippen LogP contribution in [0.3, 0.4) is 0 Å². The van der Waals surface area contributed by atoms with Gasteiger partial charge in [-0.3, -0.25) is 4.79 Å². The van der Waals surface area contributed by atoms with Gasteiger partial charge in [0.2, 0.25) is 0 Å². The third kappa shape index (κ3) is 4.38. The topological polar surface area (TPSA) is 73.6 Å². The summed E-state index contributed by atoms with van der Waals surface area (Å²) in [6.07, 6.45) is 3.17. The molecule has 1 fully saturated rings. The zero-order valence-electron chi connectivity index (χ0n) is 14.4. The Morgan fingerprint density at radius 3 is 2.61 bits per heavy atom. The molecular weight excluding hydrogens is 292 g/mol. The Bertz CT molecular complexity index is 543. The molecule has 5 nitrogen and oxygen atoms in total. The Hall–Kier alpha value is -1.75. The molecule has 1 atom stereocenters. The lowest BCUT2D eigenvalue weighted by Gasteiger charge is -2.29. The van der Waals surface area contributed by atoms with Gasteiger partial charge in [-0.1, -0.05) is 6.92 Å². The highest BCUT2D eigenvalue weighted by Crippen LogP contribution is 2.39. The lowest BCUT2D eigenvalue weighted by Crippen LogP contribution is -2.53. The molecule has 0 aromatic heterocycles. The molecule has 1 saturated carbocycles. The summed E-state index contributed by atoms with van der Waals surface area (Å²) in [5, 5.41) is 3.09. The van der Waals surface area contributed by atoms with Crippen molar-refractivity contribution in [2.45, 2.75) is 45.6 Å². The Morgan fingerprint density at radius 1 is 1.30 bits per heavy atom. The summed E-state index contributed by atoms with van der Waals surface area (Å²) in [7, 11) is 0. The van der Waals surface area contributed by atoms with Crippen LogP contribution in [0.5, 0.6) is 11.5 Å². The van der Waals surface area contributed by atoms with Gasteiger partial charge >= 0.3 is 0 Å². The average Bonchev–Trinajstić information content (AvgIpc) is 3.39. The van der Waals surface area contributed by atoms with Gasteiger partial charge in [0.15, 0.2) is 11.5 Å². The van der Waals surface area contributed by atoms with Crippen LogP contribution in [0.4, 0.5) is 0 Å². The summed E-state index contributed by atoms with van der Waals surface area (Å²) in [4.78, 5) is 12.6. The van der Waals surface area contributed by atoms with E-state index in [9.17, 15) is 4.79 Å². The maximum absolute atomic E-state index is 12.6. The molecular formula is C18H28N2O3. The third-order valence-corrected chi connectivity index (χ3v) is 4.27. The van der Waals surface area contributed by atoms with E-state index < -0.39 is 0 Å². The van der Waals surface area contributed by atoms with E-state index in [0.29, 0.717) is 42.7 Å². The Kier molecular flexibility index (Phi) is 5.88. The van der Waals surface area contributed by atoms with E-state index >= 15 is 0 Å². The molecule has 1 aliphatic rings. The highest BCUT2D eigenvalue weighted by atomic mass is 16.5. The second-order valence-corrected chi connectivity index (χ2v) is 6.29. The predicted molar refractivity (Wildman–Crippen MR) is 91.0 cm³/mol. The standard InChI is InChI=1S/C18H28N2O3/c1-4-10-23-15-9-6-13(11-16(15)22-5-2)17(21)20-18(3,12-19)14-7-8-14/h6,9,11,14H,4-5,7-8,10,12,19H2,1-3H3,(H,20,21). The third-order valence-electron chi connectivity index (χ3n) is 4.27. The smallest absolute Gasteiger partial charge is 0.251 e. The van der Waals surface area contributed by atoms with E-state index in [4.69, 9.17) is 15.2 Å². The first kappa shape index (κ1) is 17.6. The van der Waals surface area contributed by atoms with Crippen molar-refractivity contribution in [1.29, 1.82) is 0 Å². The molecule has 0 aliphatic heterocycles. The van der Waals surface area contributed by atoms with Gasteiger partial charge in [0, 0.05) is 12.1 Å². The van der Waals surface area contributed by atoms with Crippen LogP contribution in [-0.4, -0.2) is 31.2 Å². The van der Waals surface area contributed by atoms with Crippen molar-refractivity contribution in [3.63, 3.8) is 0 Å². The van der Waals surface area contributed by atoms with Gasteiger partial charge in [-0.25, -0.2) is 0 Å². The van der Waals surface area contributed by atoms with E-state index in [1.165, 1.54) is 0 Å². The predicted octanol–water partition coefficient (Wildman–Crippen LogP) is 2.73. The summed E-state index contributed by atoms with van der Waals surface area (Å²) in [5.74, 6) is 1.64. The van der Waals surface area contributed by atoms with Crippen LogP contribution in [0.25, 0.3) is 0 Å². The summed E-state index contributed by atoms with van der Waals surface area (Å²) in [6.45, 7) is 7.57. The molecule has 0 heterocycles. The number of carbonyl (C=O) groups excluding carboxylic acids is 1. The largest absolute Gasteiger partial charge is 0.490 e.